The number of benzene rings is 2. The Labute approximate surface area is 220 Å². The van der Waals surface area contributed by atoms with E-state index in [9.17, 15) is 19.8 Å². The van der Waals surface area contributed by atoms with Gasteiger partial charge in [0.15, 0.2) is 11.5 Å². The average Bonchev–Trinajstić information content (AvgIpc) is 3.10. The highest BCUT2D eigenvalue weighted by Gasteiger charge is 2.46. The molecular formula is C30H40N2O5. The van der Waals surface area contributed by atoms with Gasteiger partial charge in [-0.25, -0.2) is 0 Å². The van der Waals surface area contributed by atoms with Gasteiger partial charge in [-0.1, -0.05) is 52.8 Å². The SMILES string of the molecule is CCOc1cc(C2/C(=C(\O)c3cc(C(C)(C)C)ccc3C)C(=O)C(=O)N2CCN(CC)CC)ccc1O. The molecule has 1 aliphatic heterocycles. The van der Waals surface area contributed by atoms with Crippen molar-refractivity contribution in [1.29, 1.82) is 0 Å². The fourth-order valence-corrected chi connectivity index (χ4v) is 4.71. The Morgan fingerprint density at radius 2 is 1.73 bits per heavy atom. The lowest BCUT2D eigenvalue weighted by atomic mass is 9.84. The third kappa shape index (κ3) is 5.82. The molecule has 200 valence electrons. The number of rotatable bonds is 9. The Hall–Kier alpha value is -3.32. The normalized spacial score (nSPS) is 17.6. The zero-order valence-electron chi connectivity index (χ0n) is 23.1. The summed E-state index contributed by atoms with van der Waals surface area (Å²) in [4.78, 5) is 30.5. The van der Waals surface area contributed by atoms with Gasteiger partial charge >= 0.3 is 0 Å². The molecule has 2 aromatic carbocycles. The minimum atomic E-state index is -0.812. The summed E-state index contributed by atoms with van der Waals surface area (Å²) in [6, 6.07) is 9.84. The fraction of sp³-hybridized carbons (Fsp3) is 0.467. The summed E-state index contributed by atoms with van der Waals surface area (Å²) >= 11 is 0. The smallest absolute Gasteiger partial charge is 0.295 e. The van der Waals surface area contributed by atoms with Crippen molar-refractivity contribution < 1.29 is 24.5 Å². The Morgan fingerprint density at radius 1 is 1.05 bits per heavy atom. The van der Waals surface area contributed by atoms with Crippen LogP contribution in [0.5, 0.6) is 11.5 Å². The first-order valence-corrected chi connectivity index (χ1v) is 13.0. The van der Waals surface area contributed by atoms with E-state index in [0.29, 0.717) is 30.8 Å². The molecule has 37 heavy (non-hydrogen) atoms. The maximum absolute atomic E-state index is 13.5. The lowest BCUT2D eigenvalue weighted by molar-refractivity contribution is -0.140. The number of likely N-dealkylation sites (N-methyl/N-ethyl adjacent to an activating group) is 1. The number of aliphatic hydroxyl groups excluding tert-OH is 1. The van der Waals surface area contributed by atoms with Gasteiger partial charge in [0, 0.05) is 18.7 Å². The van der Waals surface area contributed by atoms with E-state index in [-0.39, 0.29) is 28.2 Å². The molecule has 7 nitrogen and oxygen atoms in total. The highest BCUT2D eigenvalue weighted by molar-refractivity contribution is 6.46. The van der Waals surface area contributed by atoms with Gasteiger partial charge in [0.1, 0.15) is 5.76 Å². The molecule has 1 atom stereocenters. The van der Waals surface area contributed by atoms with Crippen molar-refractivity contribution in [2.24, 2.45) is 0 Å². The Kier molecular flexibility index (Phi) is 8.69. The van der Waals surface area contributed by atoms with Gasteiger partial charge in [-0.05, 0) is 67.2 Å². The number of carbonyl (C=O) groups excluding carboxylic acids is 2. The molecule has 1 aliphatic rings. The monoisotopic (exact) mass is 508 g/mol. The second kappa shape index (κ2) is 11.4. The molecular weight excluding hydrogens is 468 g/mol. The molecule has 2 N–H and O–H groups in total. The van der Waals surface area contributed by atoms with E-state index in [2.05, 4.69) is 39.5 Å². The van der Waals surface area contributed by atoms with Crippen molar-refractivity contribution >= 4 is 17.4 Å². The molecule has 0 aliphatic carbocycles. The highest BCUT2D eigenvalue weighted by atomic mass is 16.5. The number of phenolic OH excluding ortho intramolecular Hbond substituents is 1. The number of aromatic hydroxyl groups is 1. The maximum atomic E-state index is 13.5. The fourth-order valence-electron chi connectivity index (χ4n) is 4.71. The number of aryl methyl sites for hydroxylation is 1. The second-order valence-electron chi connectivity index (χ2n) is 10.5. The molecule has 7 heteroatoms. The maximum Gasteiger partial charge on any atom is 0.295 e. The molecule has 3 rings (SSSR count). The third-order valence-corrected chi connectivity index (χ3v) is 7.05. The number of ether oxygens (including phenoxy) is 1. The first-order valence-electron chi connectivity index (χ1n) is 13.0. The largest absolute Gasteiger partial charge is 0.507 e. The first-order chi connectivity index (χ1) is 17.4. The van der Waals surface area contributed by atoms with E-state index < -0.39 is 17.7 Å². The van der Waals surface area contributed by atoms with Crippen LogP contribution >= 0.6 is 0 Å². The quantitative estimate of drug-likeness (QED) is 0.276. The lowest BCUT2D eigenvalue weighted by Gasteiger charge is -2.28. The van der Waals surface area contributed by atoms with Gasteiger partial charge in [-0.15, -0.1) is 0 Å². The van der Waals surface area contributed by atoms with Gasteiger partial charge in [-0.2, -0.15) is 0 Å². The lowest BCUT2D eigenvalue weighted by Crippen LogP contribution is -2.38. The van der Waals surface area contributed by atoms with Crippen molar-refractivity contribution in [2.75, 3.05) is 32.8 Å². The van der Waals surface area contributed by atoms with Gasteiger partial charge in [0.25, 0.3) is 11.7 Å². The number of nitrogens with zero attached hydrogens (tertiary/aromatic N) is 2. The molecule has 0 spiro atoms. The van der Waals surface area contributed by atoms with Gasteiger partial charge < -0.3 is 24.7 Å². The number of Topliss-reactive ketones (excluding diaryl/α,β-unsaturated/α-hetero) is 1. The molecule has 0 saturated carbocycles. The van der Waals surface area contributed by atoms with Crippen molar-refractivity contribution in [3.8, 4) is 11.5 Å². The van der Waals surface area contributed by atoms with E-state index in [1.165, 1.54) is 11.0 Å². The minimum Gasteiger partial charge on any atom is -0.507 e. The molecule has 0 radical (unpaired) electrons. The van der Waals surface area contributed by atoms with Crippen molar-refractivity contribution in [2.45, 2.75) is 59.9 Å². The first kappa shape index (κ1) is 28.3. The zero-order valence-corrected chi connectivity index (χ0v) is 23.1. The topological polar surface area (TPSA) is 90.3 Å². The van der Waals surface area contributed by atoms with E-state index in [4.69, 9.17) is 4.74 Å². The van der Waals surface area contributed by atoms with Gasteiger partial charge in [-0.3, -0.25) is 9.59 Å². The number of hydrogen-bond donors (Lipinski definition) is 2. The highest BCUT2D eigenvalue weighted by Crippen LogP contribution is 2.42. The number of phenols is 1. The minimum absolute atomic E-state index is 0.0283. The summed E-state index contributed by atoms with van der Waals surface area (Å²) < 4.78 is 5.59. The Morgan fingerprint density at radius 3 is 2.32 bits per heavy atom. The van der Waals surface area contributed by atoms with E-state index in [0.717, 1.165) is 24.2 Å². The Balaban J connectivity index is 2.22. The standard InChI is InChI=1S/C30H40N2O5/c1-8-31(9-2)15-16-32-26(20-12-14-23(33)24(17-20)37-10-3)25(28(35)29(32)36)27(34)22-18-21(30(5,6)7)13-11-19(22)4/h11-14,17-18,26,33-34H,8-10,15-16H2,1-7H3/b27-25+. The van der Waals surface area contributed by atoms with Crippen molar-refractivity contribution in [1.82, 2.24) is 9.80 Å². The average molecular weight is 509 g/mol. The number of hydrogen-bond acceptors (Lipinski definition) is 6. The summed E-state index contributed by atoms with van der Waals surface area (Å²) in [6.45, 7) is 16.9. The second-order valence-corrected chi connectivity index (χ2v) is 10.5. The van der Waals surface area contributed by atoms with Crippen LogP contribution in [0, 0.1) is 6.92 Å². The third-order valence-electron chi connectivity index (χ3n) is 7.05. The van der Waals surface area contributed by atoms with Crippen LogP contribution in [0.15, 0.2) is 42.0 Å². The van der Waals surface area contributed by atoms with E-state index in [1.807, 2.05) is 32.0 Å². The van der Waals surface area contributed by atoms with Crippen LogP contribution in [-0.2, 0) is 15.0 Å². The van der Waals surface area contributed by atoms with Crippen molar-refractivity contribution in [3.05, 3.63) is 64.2 Å². The molecule has 1 amide bonds. The number of aliphatic hydroxyl groups is 1. The number of ketones is 1. The predicted molar refractivity (Wildman–Crippen MR) is 146 cm³/mol. The number of amides is 1. The van der Waals surface area contributed by atoms with Crippen LogP contribution in [0.2, 0.25) is 0 Å². The summed E-state index contributed by atoms with van der Waals surface area (Å²) in [6.07, 6.45) is 0. The zero-order chi connectivity index (χ0) is 27.5. The van der Waals surface area contributed by atoms with Crippen LogP contribution in [-0.4, -0.2) is 64.5 Å². The predicted octanol–water partition coefficient (Wildman–Crippen LogP) is 5.16. The van der Waals surface area contributed by atoms with Crippen LogP contribution in [0.3, 0.4) is 0 Å². The molecule has 1 saturated heterocycles. The molecule has 1 fully saturated rings. The molecule has 0 aromatic heterocycles. The van der Waals surface area contributed by atoms with Gasteiger partial charge in [0.05, 0.1) is 18.2 Å². The van der Waals surface area contributed by atoms with Crippen LogP contribution < -0.4 is 4.74 Å². The Bertz CT molecular complexity index is 1190. The summed E-state index contributed by atoms with van der Waals surface area (Å²) in [5.74, 6) is -1.31. The van der Waals surface area contributed by atoms with E-state index >= 15 is 0 Å². The molecule has 1 unspecified atom stereocenters. The molecule has 2 aromatic rings. The summed E-state index contributed by atoms with van der Waals surface area (Å²) in [7, 11) is 0. The summed E-state index contributed by atoms with van der Waals surface area (Å²) in [5.41, 5.74) is 2.82. The van der Waals surface area contributed by atoms with Crippen LogP contribution in [0.25, 0.3) is 5.76 Å². The van der Waals surface area contributed by atoms with Crippen LogP contribution in [0.4, 0.5) is 0 Å². The number of carbonyl (C=O) groups is 2. The summed E-state index contributed by atoms with van der Waals surface area (Å²) in [5, 5.41) is 21.9. The molecule has 0 bridgehead atoms. The van der Waals surface area contributed by atoms with Gasteiger partial charge in [0.2, 0.25) is 0 Å². The van der Waals surface area contributed by atoms with Crippen LogP contribution in [0.1, 0.15) is 69.8 Å². The number of likely N-dealkylation sites (tertiary alicyclic amines) is 1. The van der Waals surface area contributed by atoms with Crippen molar-refractivity contribution in [3.63, 3.8) is 0 Å². The van der Waals surface area contributed by atoms with E-state index in [1.54, 1.807) is 12.1 Å². The molecule has 1 heterocycles.